The number of ether oxygens (including phenoxy) is 1. The number of anilines is 1. The molecule has 2 heterocycles. The van der Waals surface area contributed by atoms with Crippen molar-refractivity contribution in [2.75, 3.05) is 5.32 Å². The van der Waals surface area contributed by atoms with Crippen molar-refractivity contribution in [1.29, 1.82) is 0 Å². The van der Waals surface area contributed by atoms with Gasteiger partial charge in [-0.3, -0.25) is 9.48 Å². The van der Waals surface area contributed by atoms with E-state index < -0.39 is 18.2 Å². The van der Waals surface area contributed by atoms with E-state index in [1.807, 2.05) is 0 Å². The maximum absolute atomic E-state index is 11.9. The Balaban J connectivity index is 1.97. The monoisotopic (exact) mass is 253 g/mol. The molecule has 1 aromatic rings. The summed E-state index contributed by atoms with van der Waals surface area (Å²) >= 11 is 0. The largest absolute Gasteiger partial charge is 0.479 e. The fourth-order valence-electron chi connectivity index (χ4n) is 1.95. The maximum atomic E-state index is 11.9. The third-order valence-electron chi connectivity index (χ3n) is 2.86. The second-order valence-corrected chi connectivity index (χ2v) is 4.32. The highest BCUT2D eigenvalue weighted by Crippen LogP contribution is 2.22. The molecular formula is C11H15N3O4. The predicted molar refractivity (Wildman–Crippen MR) is 62.1 cm³/mol. The van der Waals surface area contributed by atoms with Crippen LogP contribution >= 0.6 is 0 Å². The maximum Gasteiger partial charge on any atom is 0.332 e. The Labute approximate surface area is 104 Å². The lowest BCUT2D eigenvalue weighted by molar-refractivity contribution is -0.150. The van der Waals surface area contributed by atoms with Crippen LogP contribution in [0.1, 0.15) is 18.5 Å². The molecule has 1 amide bonds. The van der Waals surface area contributed by atoms with Crippen LogP contribution in [0.5, 0.6) is 0 Å². The van der Waals surface area contributed by atoms with Gasteiger partial charge in [-0.15, -0.1) is 0 Å². The number of aryl methyl sites for hydroxylation is 2. The standard InChI is InChI=1S/C11H15N3O4/c1-6-7(5-14(2)13-6)12-10(15)8-3-4-9(18-8)11(16)17/h5,8-9H,3-4H2,1-2H3,(H,12,15)(H,16,17)/t8-,9+/m0/s1. The molecule has 0 aromatic carbocycles. The fraction of sp³-hybridized carbons (Fsp3) is 0.545. The van der Waals surface area contributed by atoms with Crippen LogP contribution in [0.15, 0.2) is 6.20 Å². The van der Waals surface area contributed by atoms with Crippen LogP contribution in [-0.4, -0.2) is 39.0 Å². The molecule has 1 aliphatic heterocycles. The number of carboxylic acids is 1. The number of rotatable bonds is 3. The third-order valence-corrected chi connectivity index (χ3v) is 2.86. The Morgan fingerprint density at radius 1 is 1.50 bits per heavy atom. The van der Waals surface area contributed by atoms with E-state index >= 15 is 0 Å². The van der Waals surface area contributed by atoms with Crippen LogP contribution in [0, 0.1) is 6.92 Å². The second kappa shape index (κ2) is 4.77. The molecular weight excluding hydrogens is 238 g/mol. The Morgan fingerprint density at radius 3 is 2.67 bits per heavy atom. The van der Waals surface area contributed by atoms with Gasteiger partial charge in [0.25, 0.3) is 5.91 Å². The van der Waals surface area contributed by atoms with Crippen LogP contribution in [0.4, 0.5) is 5.69 Å². The molecule has 2 atom stereocenters. The minimum absolute atomic E-state index is 0.324. The molecule has 0 saturated carbocycles. The summed E-state index contributed by atoms with van der Waals surface area (Å²) in [4.78, 5) is 22.6. The van der Waals surface area contributed by atoms with Gasteiger partial charge in [-0.05, 0) is 19.8 Å². The molecule has 1 fully saturated rings. The number of nitrogens with one attached hydrogen (secondary N) is 1. The van der Waals surface area contributed by atoms with Gasteiger partial charge in [-0.1, -0.05) is 0 Å². The van der Waals surface area contributed by atoms with Crippen LogP contribution < -0.4 is 5.32 Å². The quantitative estimate of drug-likeness (QED) is 0.808. The minimum atomic E-state index is -1.03. The normalized spacial score (nSPS) is 23.0. The first-order valence-corrected chi connectivity index (χ1v) is 5.66. The van der Waals surface area contributed by atoms with Gasteiger partial charge in [-0.2, -0.15) is 5.10 Å². The zero-order valence-corrected chi connectivity index (χ0v) is 10.2. The molecule has 2 rings (SSSR count). The van der Waals surface area contributed by atoms with E-state index in [1.165, 1.54) is 0 Å². The highest BCUT2D eigenvalue weighted by molar-refractivity contribution is 5.95. The van der Waals surface area contributed by atoms with E-state index in [9.17, 15) is 9.59 Å². The molecule has 7 heteroatoms. The van der Waals surface area contributed by atoms with Crippen molar-refractivity contribution >= 4 is 17.6 Å². The smallest absolute Gasteiger partial charge is 0.332 e. The highest BCUT2D eigenvalue weighted by Gasteiger charge is 2.34. The number of carboxylic acid groups (broad SMARTS) is 1. The van der Waals surface area contributed by atoms with E-state index in [-0.39, 0.29) is 5.91 Å². The molecule has 0 bridgehead atoms. The lowest BCUT2D eigenvalue weighted by atomic mass is 10.2. The number of nitrogens with zero attached hydrogens (tertiary/aromatic N) is 2. The summed E-state index contributed by atoms with van der Waals surface area (Å²) in [5, 5.41) is 15.6. The summed E-state index contributed by atoms with van der Waals surface area (Å²) < 4.78 is 6.76. The van der Waals surface area contributed by atoms with Gasteiger partial charge in [-0.25, -0.2) is 4.79 Å². The van der Waals surface area contributed by atoms with Crippen molar-refractivity contribution in [2.45, 2.75) is 32.0 Å². The molecule has 0 unspecified atom stereocenters. The average molecular weight is 253 g/mol. The summed E-state index contributed by atoms with van der Waals surface area (Å²) in [7, 11) is 1.76. The van der Waals surface area contributed by atoms with Gasteiger partial charge in [0.2, 0.25) is 0 Å². The first kappa shape index (κ1) is 12.6. The first-order chi connectivity index (χ1) is 8.47. The summed E-state index contributed by atoms with van der Waals surface area (Å²) in [6, 6.07) is 0. The van der Waals surface area contributed by atoms with Crippen molar-refractivity contribution in [1.82, 2.24) is 9.78 Å². The zero-order chi connectivity index (χ0) is 13.3. The van der Waals surface area contributed by atoms with Gasteiger partial charge >= 0.3 is 5.97 Å². The van der Waals surface area contributed by atoms with E-state index in [0.717, 1.165) is 0 Å². The summed E-state index contributed by atoms with van der Waals surface area (Å²) in [5.74, 6) is -1.35. The molecule has 1 aromatic heterocycles. The number of aromatic nitrogens is 2. The molecule has 2 N–H and O–H groups in total. The Bertz CT molecular complexity index is 483. The van der Waals surface area contributed by atoms with Crippen molar-refractivity contribution in [3.63, 3.8) is 0 Å². The summed E-state index contributed by atoms with van der Waals surface area (Å²) in [6.07, 6.45) is 0.889. The van der Waals surface area contributed by atoms with Crippen molar-refractivity contribution < 1.29 is 19.4 Å². The Hall–Kier alpha value is -1.89. The SMILES string of the molecule is Cc1nn(C)cc1NC(=O)[C@@H]1CC[C@H](C(=O)O)O1. The van der Waals surface area contributed by atoms with E-state index in [4.69, 9.17) is 9.84 Å². The van der Waals surface area contributed by atoms with Gasteiger partial charge < -0.3 is 15.2 Å². The van der Waals surface area contributed by atoms with E-state index in [0.29, 0.717) is 24.2 Å². The van der Waals surface area contributed by atoms with Gasteiger partial charge in [0.1, 0.15) is 6.10 Å². The fourth-order valence-corrected chi connectivity index (χ4v) is 1.95. The topological polar surface area (TPSA) is 93.5 Å². The van der Waals surface area contributed by atoms with Gasteiger partial charge in [0.15, 0.2) is 6.10 Å². The Kier molecular flexibility index (Phi) is 3.33. The second-order valence-electron chi connectivity index (χ2n) is 4.32. The summed E-state index contributed by atoms with van der Waals surface area (Å²) in [5.41, 5.74) is 1.32. The van der Waals surface area contributed by atoms with Crippen LogP contribution in [-0.2, 0) is 21.4 Å². The first-order valence-electron chi connectivity index (χ1n) is 5.66. The number of hydrogen-bond donors (Lipinski definition) is 2. The number of hydrogen-bond acceptors (Lipinski definition) is 4. The highest BCUT2D eigenvalue weighted by atomic mass is 16.5. The molecule has 1 aliphatic rings. The molecule has 0 radical (unpaired) electrons. The zero-order valence-electron chi connectivity index (χ0n) is 10.2. The predicted octanol–water partition coefficient (Wildman–Crippen LogP) is 0.299. The van der Waals surface area contributed by atoms with E-state index in [2.05, 4.69) is 10.4 Å². The molecule has 18 heavy (non-hydrogen) atoms. The number of carbonyl (C=O) groups is 2. The number of carbonyl (C=O) groups excluding carboxylic acids is 1. The number of aliphatic carboxylic acids is 1. The third kappa shape index (κ3) is 2.51. The van der Waals surface area contributed by atoms with Crippen molar-refractivity contribution in [3.8, 4) is 0 Å². The lowest BCUT2D eigenvalue weighted by Gasteiger charge is -2.10. The van der Waals surface area contributed by atoms with Crippen LogP contribution in [0.25, 0.3) is 0 Å². The minimum Gasteiger partial charge on any atom is -0.479 e. The summed E-state index contributed by atoms with van der Waals surface area (Å²) in [6.45, 7) is 1.78. The Morgan fingerprint density at radius 2 is 2.17 bits per heavy atom. The molecule has 7 nitrogen and oxygen atoms in total. The molecule has 0 spiro atoms. The molecule has 0 aliphatic carbocycles. The van der Waals surface area contributed by atoms with Crippen molar-refractivity contribution in [3.05, 3.63) is 11.9 Å². The average Bonchev–Trinajstić information content (AvgIpc) is 2.86. The lowest BCUT2D eigenvalue weighted by Crippen LogP contribution is -2.30. The van der Waals surface area contributed by atoms with Crippen LogP contribution in [0.2, 0.25) is 0 Å². The van der Waals surface area contributed by atoms with E-state index in [1.54, 1.807) is 24.9 Å². The van der Waals surface area contributed by atoms with Gasteiger partial charge in [0.05, 0.1) is 11.4 Å². The van der Waals surface area contributed by atoms with Crippen LogP contribution in [0.3, 0.4) is 0 Å². The molecule has 98 valence electrons. The van der Waals surface area contributed by atoms with Crippen molar-refractivity contribution in [2.24, 2.45) is 7.05 Å². The molecule has 1 saturated heterocycles. The van der Waals surface area contributed by atoms with Gasteiger partial charge in [0, 0.05) is 13.2 Å². The number of amides is 1.